The highest BCUT2D eigenvalue weighted by Gasteiger charge is 2.27. The normalized spacial score (nSPS) is 11.7. The minimum Gasteiger partial charge on any atom is -0.309 e. The van der Waals surface area contributed by atoms with Crippen molar-refractivity contribution in [2.75, 3.05) is 4.90 Å². The Hall–Kier alpha value is -7.34. The monoisotopic (exact) mass is 758 g/mol. The van der Waals surface area contributed by atoms with Crippen molar-refractivity contribution in [2.24, 2.45) is 0 Å². The molecule has 2 heterocycles. The summed E-state index contributed by atoms with van der Waals surface area (Å²) in [5, 5.41) is 4.74. The molecule has 0 bridgehead atoms. The van der Waals surface area contributed by atoms with Crippen LogP contribution in [0.5, 0.6) is 0 Å². The Kier molecular flexibility index (Phi) is 8.37. The van der Waals surface area contributed by atoms with Crippen LogP contribution in [-0.4, -0.2) is 15.0 Å². The highest BCUT2D eigenvalue weighted by molar-refractivity contribution is 8.00. The van der Waals surface area contributed by atoms with Gasteiger partial charge in [-0.1, -0.05) is 182 Å². The van der Waals surface area contributed by atoms with Crippen molar-refractivity contribution >= 4 is 50.4 Å². The van der Waals surface area contributed by atoms with E-state index in [1.165, 1.54) is 48.2 Å². The second-order valence-electron chi connectivity index (χ2n) is 14.3. The van der Waals surface area contributed by atoms with E-state index in [1.807, 2.05) is 48.2 Å². The molecule has 1 aliphatic heterocycles. The first-order chi connectivity index (χ1) is 28.8. The summed E-state index contributed by atoms with van der Waals surface area (Å²) in [5.74, 6) is 1.96. The summed E-state index contributed by atoms with van der Waals surface area (Å²) in [4.78, 5) is 20.0. The lowest BCUT2D eigenvalue weighted by Crippen LogP contribution is -2.12. The van der Waals surface area contributed by atoms with E-state index in [1.54, 1.807) is 0 Å². The molecule has 4 nitrogen and oxygen atoms in total. The van der Waals surface area contributed by atoms with Gasteiger partial charge in [-0.05, 0) is 69.4 Å². The Bertz CT molecular complexity index is 3080. The fraction of sp³-hybridized carbons (Fsp3) is 0. The van der Waals surface area contributed by atoms with Crippen molar-refractivity contribution in [1.82, 2.24) is 15.0 Å². The SMILES string of the molecule is c1ccc(-c2nc(-c3ccccc3)nc(-c3ccc4c5c(cccc35)-c3cccc(N(c5ccccc5)c5ccc(-c6ccccc6)c6ccccc56)c3S4)n2)cc1. The van der Waals surface area contributed by atoms with Gasteiger partial charge in [0.1, 0.15) is 0 Å². The van der Waals surface area contributed by atoms with Gasteiger partial charge in [-0.2, -0.15) is 0 Å². The maximum atomic E-state index is 5.12. The van der Waals surface area contributed by atoms with Gasteiger partial charge in [-0.25, -0.2) is 15.0 Å². The van der Waals surface area contributed by atoms with Crippen LogP contribution >= 0.6 is 11.8 Å². The van der Waals surface area contributed by atoms with Crippen molar-refractivity contribution in [3.63, 3.8) is 0 Å². The number of aromatic nitrogens is 3. The van der Waals surface area contributed by atoms with Gasteiger partial charge in [0.15, 0.2) is 17.5 Å². The quantitative estimate of drug-likeness (QED) is 0.162. The third kappa shape index (κ3) is 5.83. The number of para-hydroxylation sites is 1. The van der Waals surface area contributed by atoms with Gasteiger partial charge in [0.2, 0.25) is 0 Å². The Balaban J connectivity index is 1.09. The Labute approximate surface area is 341 Å². The van der Waals surface area contributed by atoms with E-state index in [0.29, 0.717) is 17.5 Å². The lowest BCUT2D eigenvalue weighted by atomic mass is 9.93. The molecule has 5 heteroatoms. The second kappa shape index (κ2) is 14.3. The summed E-state index contributed by atoms with van der Waals surface area (Å²) in [7, 11) is 0. The van der Waals surface area contributed by atoms with Gasteiger partial charge in [0.05, 0.1) is 11.4 Å². The van der Waals surface area contributed by atoms with Crippen molar-refractivity contribution in [3.05, 3.63) is 206 Å². The first kappa shape index (κ1) is 34.0. The average Bonchev–Trinajstić information content (AvgIpc) is 3.30. The summed E-state index contributed by atoms with van der Waals surface area (Å²) >= 11 is 1.83. The van der Waals surface area contributed by atoms with Crippen LogP contribution in [0.15, 0.2) is 216 Å². The molecule has 0 spiro atoms. The van der Waals surface area contributed by atoms with E-state index in [9.17, 15) is 0 Å². The van der Waals surface area contributed by atoms with E-state index in [0.717, 1.165) is 39.1 Å². The predicted octanol–water partition coefficient (Wildman–Crippen LogP) is 14.4. The fourth-order valence-electron chi connectivity index (χ4n) is 8.27. The van der Waals surface area contributed by atoms with Gasteiger partial charge < -0.3 is 4.90 Å². The van der Waals surface area contributed by atoms with E-state index >= 15 is 0 Å². The van der Waals surface area contributed by atoms with Crippen LogP contribution in [0.1, 0.15) is 0 Å². The molecule has 0 radical (unpaired) electrons. The number of nitrogens with zero attached hydrogens (tertiary/aromatic N) is 4. The van der Waals surface area contributed by atoms with E-state index < -0.39 is 0 Å². The highest BCUT2D eigenvalue weighted by Crippen LogP contribution is 2.55. The Morgan fingerprint density at radius 1 is 0.328 bits per heavy atom. The zero-order chi connectivity index (χ0) is 38.4. The number of rotatable bonds is 7. The molecule has 0 saturated carbocycles. The third-order valence-corrected chi connectivity index (χ3v) is 12.1. The van der Waals surface area contributed by atoms with Crippen LogP contribution < -0.4 is 4.90 Å². The molecule has 1 aromatic heterocycles. The smallest absolute Gasteiger partial charge is 0.164 e. The molecular formula is C53H34N4S. The zero-order valence-corrected chi connectivity index (χ0v) is 32.1. The molecule has 58 heavy (non-hydrogen) atoms. The molecule has 0 unspecified atom stereocenters. The first-order valence-corrected chi connectivity index (χ1v) is 20.3. The maximum Gasteiger partial charge on any atom is 0.164 e. The topological polar surface area (TPSA) is 41.9 Å². The molecule has 1 aliphatic rings. The molecule has 272 valence electrons. The fourth-order valence-corrected chi connectivity index (χ4v) is 9.50. The van der Waals surface area contributed by atoms with E-state index in [-0.39, 0.29) is 0 Å². The number of hydrogen-bond acceptors (Lipinski definition) is 5. The van der Waals surface area contributed by atoms with Gasteiger partial charge in [0, 0.05) is 42.9 Å². The molecule has 0 amide bonds. The lowest BCUT2D eigenvalue weighted by molar-refractivity contribution is 1.08. The van der Waals surface area contributed by atoms with Gasteiger partial charge in [-0.15, -0.1) is 0 Å². The second-order valence-corrected chi connectivity index (χ2v) is 15.4. The molecule has 0 N–H and O–H groups in total. The number of anilines is 3. The minimum absolute atomic E-state index is 0.652. The van der Waals surface area contributed by atoms with Crippen LogP contribution in [0.3, 0.4) is 0 Å². The van der Waals surface area contributed by atoms with Crippen LogP contribution in [-0.2, 0) is 0 Å². The van der Waals surface area contributed by atoms with Crippen LogP contribution in [0, 0.1) is 0 Å². The first-order valence-electron chi connectivity index (χ1n) is 19.5. The molecule has 11 rings (SSSR count). The van der Waals surface area contributed by atoms with Crippen LogP contribution in [0.25, 0.3) is 78.0 Å². The lowest BCUT2D eigenvalue weighted by Gasteiger charge is -2.31. The average molecular weight is 759 g/mol. The summed E-state index contributed by atoms with van der Waals surface area (Å²) < 4.78 is 0. The van der Waals surface area contributed by atoms with Crippen LogP contribution in [0.2, 0.25) is 0 Å². The van der Waals surface area contributed by atoms with Crippen molar-refractivity contribution in [1.29, 1.82) is 0 Å². The van der Waals surface area contributed by atoms with Crippen LogP contribution in [0.4, 0.5) is 17.1 Å². The molecule has 0 fully saturated rings. The minimum atomic E-state index is 0.652. The van der Waals surface area contributed by atoms with Crippen molar-refractivity contribution in [2.45, 2.75) is 9.79 Å². The molecule has 9 aromatic carbocycles. The molecular weight excluding hydrogens is 725 g/mol. The highest BCUT2D eigenvalue weighted by atomic mass is 32.2. The van der Waals surface area contributed by atoms with Gasteiger partial charge >= 0.3 is 0 Å². The maximum absolute atomic E-state index is 5.12. The molecule has 0 saturated heterocycles. The van der Waals surface area contributed by atoms with E-state index in [4.69, 9.17) is 15.0 Å². The summed E-state index contributed by atoms with van der Waals surface area (Å²) in [6.45, 7) is 0. The summed E-state index contributed by atoms with van der Waals surface area (Å²) in [6, 6.07) is 72.8. The third-order valence-electron chi connectivity index (χ3n) is 10.9. The molecule has 0 atom stereocenters. The van der Waals surface area contributed by atoms with Gasteiger partial charge in [-0.3, -0.25) is 0 Å². The van der Waals surface area contributed by atoms with Crippen molar-refractivity contribution < 1.29 is 0 Å². The van der Waals surface area contributed by atoms with Crippen molar-refractivity contribution in [3.8, 4) is 56.4 Å². The van der Waals surface area contributed by atoms with E-state index in [2.05, 4.69) is 175 Å². The molecule has 0 aliphatic carbocycles. The van der Waals surface area contributed by atoms with Gasteiger partial charge in [0.25, 0.3) is 0 Å². The number of fused-ring (bicyclic) bond motifs is 3. The zero-order valence-electron chi connectivity index (χ0n) is 31.3. The molecule has 10 aromatic rings. The Morgan fingerprint density at radius 3 is 1.55 bits per heavy atom. The summed E-state index contributed by atoms with van der Waals surface area (Å²) in [6.07, 6.45) is 0. The number of hydrogen-bond donors (Lipinski definition) is 0. The predicted molar refractivity (Wildman–Crippen MR) is 241 cm³/mol. The summed E-state index contributed by atoms with van der Waals surface area (Å²) in [5.41, 5.74) is 11.1. The standard InChI is InChI=1S/C53H34N4S/c1-5-17-35(18-6-1)39-31-33-46(41-26-14-13-25-40(39)41)57(38-23-11-4-12-24-38)47-30-16-29-44-42-27-15-28-43-45(32-34-48(49(42)43)58-50(44)47)53-55-51(36-19-7-2-8-20-36)54-52(56-53)37-21-9-3-10-22-37/h1-34H. The Morgan fingerprint density at radius 2 is 0.862 bits per heavy atom. The largest absolute Gasteiger partial charge is 0.309 e. The number of benzene rings is 9.